The highest BCUT2D eigenvalue weighted by atomic mass is 35.5. The molecule has 150 valence electrons. The van der Waals surface area contributed by atoms with Gasteiger partial charge < -0.3 is 14.2 Å². The first-order valence-corrected chi connectivity index (χ1v) is 9.87. The van der Waals surface area contributed by atoms with Crippen molar-refractivity contribution in [2.45, 2.75) is 25.8 Å². The molecule has 2 heterocycles. The Hall–Kier alpha value is -2.86. The molecule has 3 aromatic rings. The lowest BCUT2D eigenvalue weighted by Crippen LogP contribution is -2.36. The number of amides is 1. The largest absolute Gasteiger partial charge is 0.494 e. The fraction of sp³-hybridized carbons (Fsp3) is 0.273. The van der Waals surface area contributed by atoms with E-state index >= 15 is 0 Å². The highest BCUT2D eigenvalue weighted by molar-refractivity contribution is 6.30. The highest BCUT2D eigenvalue weighted by Crippen LogP contribution is 2.30. The van der Waals surface area contributed by atoms with E-state index in [0.717, 1.165) is 22.6 Å². The molecule has 1 aliphatic rings. The summed E-state index contributed by atoms with van der Waals surface area (Å²) < 4.78 is 24.3. The average Bonchev–Trinajstić information content (AvgIpc) is 3.16. The van der Waals surface area contributed by atoms with E-state index in [9.17, 15) is 9.18 Å². The Morgan fingerprint density at radius 1 is 1.17 bits per heavy atom. The number of carbonyl (C=O) groups is 1. The zero-order chi connectivity index (χ0) is 20.2. The molecule has 2 aromatic carbocycles. The van der Waals surface area contributed by atoms with Crippen LogP contribution in [0.25, 0.3) is 11.3 Å². The maximum atomic E-state index is 13.1. The SMILES string of the molecule is O=C(CCCOc1ccc(Cl)cc1)N1CCc2c(noc2-c2ccc(F)cc2)C1. The van der Waals surface area contributed by atoms with Crippen molar-refractivity contribution < 1.29 is 18.4 Å². The minimum absolute atomic E-state index is 0.0710. The molecule has 0 radical (unpaired) electrons. The van der Waals surface area contributed by atoms with Crippen LogP contribution in [0.15, 0.2) is 53.1 Å². The van der Waals surface area contributed by atoms with Gasteiger partial charge in [0.25, 0.3) is 0 Å². The normalized spacial score (nSPS) is 13.2. The summed E-state index contributed by atoms with van der Waals surface area (Å²) in [6.07, 6.45) is 1.70. The van der Waals surface area contributed by atoms with Gasteiger partial charge in [-0.3, -0.25) is 4.79 Å². The number of rotatable bonds is 6. The van der Waals surface area contributed by atoms with Crippen LogP contribution >= 0.6 is 11.6 Å². The molecule has 0 fully saturated rings. The molecule has 0 saturated carbocycles. The van der Waals surface area contributed by atoms with E-state index in [0.29, 0.717) is 49.7 Å². The minimum Gasteiger partial charge on any atom is -0.494 e. The molecule has 0 N–H and O–H groups in total. The predicted octanol–water partition coefficient (Wildman–Crippen LogP) is 4.88. The number of hydrogen-bond acceptors (Lipinski definition) is 4. The molecule has 1 aromatic heterocycles. The van der Waals surface area contributed by atoms with Crippen LogP contribution in [-0.2, 0) is 17.8 Å². The number of benzene rings is 2. The van der Waals surface area contributed by atoms with Crippen LogP contribution in [-0.4, -0.2) is 29.1 Å². The smallest absolute Gasteiger partial charge is 0.223 e. The van der Waals surface area contributed by atoms with Gasteiger partial charge in [0.15, 0.2) is 5.76 Å². The number of hydrogen-bond donors (Lipinski definition) is 0. The first-order valence-electron chi connectivity index (χ1n) is 9.49. The lowest BCUT2D eigenvalue weighted by atomic mass is 10.0. The van der Waals surface area contributed by atoms with Crippen molar-refractivity contribution in [3.8, 4) is 17.1 Å². The summed E-state index contributed by atoms with van der Waals surface area (Å²) in [6.45, 7) is 1.50. The number of halogens is 2. The van der Waals surface area contributed by atoms with Crippen molar-refractivity contribution in [1.29, 1.82) is 0 Å². The average molecular weight is 415 g/mol. The Balaban J connectivity index is 1.30. The molecular formula is C22H20ClFN2O3. The molecule has 0 aliphatic carbocycles. The monoisotopic (exact) mass is 414 g/mol. The summed E-state index contributed by atoms with van der Waals surface area (Å²) in [6, 6.07) is 13.3. The minimum atomic E-state index is -0.293. The van der Waals surface area contributed by atoms with E-state index in [4.69, 9.17) is 20.9 Å². The van der Waals surface area contributed by atoms with Crippen LogP contribution in [0.1, 0.15) is 24.1 Å². The predicted molar refractivity (Wildman–Crippen MR) is 107 cm³/mol. The summed E-state index contributed by atoms with van der Waals surface area (Å²) >= 11 is 5.85. The lowest BCUT2D eigenvalue weighted by molar-refractivity contribution is -0.132. The number of carbonyl (C=O) groups excluding carboxylic acids is 1. The van der Waals surface area contributed by atoms with Crippen molar-refractivity contribution in [3.63, 3.8) is 0 Å². The van der Waals surface area contributed by atoms with Gasteiger partial charge in [0, 0.05) is 29.1 Å². The molecule has 0 spiro atoms. The Morgan fingerprint density at radius 2 is 1.93 bits per heavy atom. The molecule has 0 unspecified atom stereocenters. The van der Waals surface area contributed by atoms with Crippen molar-refractivity contribution in [2.75, 3.05) is 13.2 Å². The van der Waals surface area contributed by atoms with Gasteiger partial charge >= 0.3 is 0 Å². The van der Waals surface area contributed by atoms with Crippen LogP contribution in [0.2, 0.25) is 5.02 Å². The van der Waals surface area contributed by atoms with Gasteiger partial charge in [-0.05, 0) is 61.4 Å². The number of fused-ring (bicyclic) bond motifs is 1. The maximum Gasteiger partial charge on any atom is 0.223 e. The molecule has 0 bridgehead atoms. The lowest BCUT2D eigenvalue weighted by Gasteiger charge is -2.26. The summed E-state index contributed by atoms with van der Waals surface area (Å²) in [5, 5.41) is 4.79. The van der Waals surface area contributed by atoms with E-state index in [2.05, 4.69) is 5.16 Å². The van der Waals surface area contributed by atoms with E-state index in [1.807, 2.05) is 0 Å². The molecule has 4 rings (SSSR count). The third-order valence-corrected chi connectivity index (χ3v) is 5.17. The van der Waals surface area contributed by atoms with Crippen LogP contribution in [0.3, 0.4) is 0 Å². The van der Waals surface area contributed by atoms with E-state index in [1.165, 1.54) is 12.1 Å². The first-order chi connectivity index (χ1) is 14.1. The van der Waals surface area contributed by atoms with Gasteiger partial charge in [0.2, 0.25) is 5.91 Å². The van der Waals surface area contributed by atoms with Crippen LogP contribution in [0, 0.1) is 5.82 Å². The zero-order valence-electron chi connectivity index (χ0n) is 15.7. The molecule has 1 amide bonds. The number of ether oxygens (including phenoxy) is 1. The molecule has 5 nitrogen and oxygen atoms in total. The summed E-state index contributed by atoms with van der Waals surface area (Å²) in [5.41, 5.74) is 2.55. The third-order valence-electron chi connectivity index (χ3n) is 4.92. The van der Waals surface area contributed by atoms with Gasteiger partial charge in [-0.1, -0.05) is 16.8 Å². The zero-order valence-corrected chi connectivity index (χ0v) is 16.5. The van der Waals surface area contributed by atoms with Crippen molar-refractivity contribution in [3.05, 3.63) is 70.6 Å². The van der Waals surface area contributed by atoms with Gasteiger partial charge in [0.1, 0.15) is 17.3 Å². The Kier molecular flexibility index (Phi) is 5.81. The van der Waals surface area contributed by atoms with Gasteiger partial charge in [0.05, 0.1) is 13.2 Å². The molecular weight excluding hydrogens is 395 g/mol. The van der Waals surface area contributed by atoms with Gasteiger partial charge in [-0.2, -0.15) is 0 Å². The molecule has 1 aliphatic heterocycles. The molecule has 0 atom stereocenters. The van der Waals surface area contributed by atoms with Crippen molar-refractivity contribution in [2.24, 2.45) is 0 Å². The third kappa shape index (κ3) is 4.59. The van der Waals surface area contributed by atoms with Crippen molar-refractivity contribution in [1.82, 2.24) is 10.1 Å². The Labute approximate surface area is 173 Å². The Bertz CT molecular complexity index is 986. The number of nitrogens with zero attached hydrogens (tertiary/aromatic N) is 2. The second kappa shape index (κ2) is 8.66. The van der Waals surface area contributed by atoms with E-state index in [1.54, 1.807) is 41.3 Å². The fourth-order valence-corrected chi connectivity index (χ4v) is 3.50. The van der Waals surface area contributed by atoms with E-state index < -0.39 is 0 Å². The van der Waals surface area contributed by atoms with Gasteiger partial charge in [-0.25, -0.2) is 4.39 Å². The van der Waals surface area contributed by atoms with Crippen LogP contribution in [0.4, 0.5) is 4.39 Å². The summed E-state index contributed by atoms with van der Waals surface area (Å²) in [5.74, 6) is 1.17. The molecule has 29 heavy (non-hydrogen) atoms. The second-order valence-electron chi connectivity index (χ2n) is 6.92. The maximum absolute atomic E-state index is 13.1. The van der Waals surface area contributed by atoms with Crippen molar-refractivity contribution >= 4 is 17.5 Å². The van der Waals surface area contributed by atoms with Crippen LogP contribution < -0.4 is 4.74 Å². The van der Waals surface area contributed by atoms with Crippen LogP contribution in [0.5, 0.6) is 5.75 Å². The molecule has 0 saturated heterocycles. The standard InChI is InChI=1S/C22H20ClFN2O3/c23-16-5-9-18(10-6-16)28-13-1-2-21(27)26-12-11-19-20(14-26)25-29-22(19)15-3-7-17(24)8-4-15/h3-10H,1-2,11-14H2. The highest BCUT2D eigenvalue weighted by Gasteiger charge is 2.27. The van der Waals surface area contributed by atoms with E-state index in [-0.39, 0.29) is 11.7 Å². The number of aromatic nitrogens is 1. The quantitative estimate of drug-likeness (QED) is 0.539. The topological polar surface area (TPSA) is 55.6 Å². The summed E-state index contributed by atoms with van der Waals surface area (Å²) in [4.78, 5) is 14.3. The summed E-state index contributed by atoms with van der Waals surface area (Å²) in [7, 11) is 0. The molecule has 7 heteroatoms. The first kappa shape index (κ1) is 19.5. The Morgan fingerprint density at radius 3 is 2.69 bits per heavy atom. The van der Waals surface area contributed by atoms with Gasteiger partial charge in [-0.15, -0.1) is 0 Å². The fourth-order valence-electron chi connectivity index (χ4n) is 3.37. The second-order valence-corrected chi connectivity index (χ2v) is 7.35.